The highest BCUT2D eigenvalue weighted by atomic mass is 79.9. The van der Waals surface area contributed by atoms with Gasteiger partial charge in [-0.25, -0.2) is 4.39 Å². The molecule has 0 bridgehead atoms. The van der Waals surface area contributed by atoms with E-state index in [4.69, 9.17) is 5.73 Å². The molecule has 2 nitrogen and oxygen atoms in total. The molecule has 1 aromatic rings. The molecule has 0 aliphatic heterocycles. The number of hydrogen-bond donors (Lipinski definition) is 2. The van der Waals surface area contributed by atoms with Crippen molar-refractivity contribution in [1.29, 1.82) is 0 Å². The molecular formula is C9H11BrFNO. The van der Waals surface area contributed by atoms with Crippen LogP contribution in [0.2, 0.25) is 0 Å². The lowest BCUT2D eigenvalue weighted by molar-refractivity contribution is 0.183. The molecule has 3 N–H and O–H groups in total. The van der Waals surface area contributed by atoms with Gasteiger partial charge in [-0.05, 0) is 27.6 Å². The van der Waals surface area contributed by atoms with Gasteiger partial charge < -0.3 is 10.8 Å². The average Bonchev–Trinajstić information content (AvgIpc) is 2.13. The van der Waals surface area contributed by atoms with Crippen LogP contribution in [0.1, 0.15) is 5.56 Å². The third-order valence-corrected chi connectivity index (χ3v) is 2.65. The quantitative estimate of drug-likeness (QED) is 0.850. The third kappa shape index (κ3) is 2.76. The number of rotatable bonds is 3. The monoisotopic (exact) mass is 247 g/mol. The zero-order valence-electron chi connectivity index (χ0n) is 7.00. The zero-order chi connectivity index (χ0) is 9.84. The molecule has 0 heterocycles. The minimum Gasteiger partial charge on any atom is -0.391 e. The molecule has 4 heteroatoms. The first-order valence-electron chi connectivity index (χ1n) is 3.96. The van der Waals surface area contributed by atoms with Crippen LogP contribution in [-0.4, -0.2) is 17.8 Å². The van der Waals surface area contributed by atoms with Crippen molar-refractivity contribution in [3.05, 3.63) is 34.1 Å². The summed E-state index contributed by atoms with van der Waals surface area (Å²) in [7, 11) is 0. The highest BCUT2D eigenvalue weighted by Crippen LogP contribution is 2.21. The van der Waals surface area contributed by atoms with E-state index >= 15 is 0 Å². The van der Waals surface area contributed by atoms with Crippen molar-refractivity contribution in [3.8, 4) is 0 Å². The molecule has 13 heavy (non-hydrogen) atoms. The molecule has 0 spiro atoms. The number of aliphatic hydroxyl groups is 1. The van der Waals surface area contributed by atoms with Crippen molar-refractivity contribution in [2.45, 2.75) is 12.5 Å². The summed E-state index contributed by atoms with van der Waals surface area (Å²) in [5.74, 6) is -0.318. The van der Waals surface area contributed by atoms with Crippen molar-refractivity contribution in [2.75, 3.05) is 6.54 Å². The maximum absolute atomic E-state index is 13.0. The Hall–Kier alpha value is -0.450. The Morgan fingerprint density at radius 1 is 1.54 bits per heavy atom. The van der Waals surface area contributed by atoms with Crippen molar-refractivity contribution in [3.63, 3.8) is 0 Å². The van der Waals surface area contributed by atoms with Gasteiger partial charge in [0.2, 0.25) is 0 Å². The molecule has 0 aromatic heterocycles. The highest BCUT2D eigenvalue weighted by molar-refractivity contribution is 9.10. The molecule has 0 aliphatic carbocycles. The number of halogens is 2. The number of hydrogen-bond acceptors (Lipinski definition) is 2. The lowest BCUT2D eigenvalue weighted by Crippen LogP contribution is -2.22. The first-order valence-corrected chi connectivity index (χ1v) is 4.75. The molecule has 72 valence electrons. The van der Waals surface area contributed by atoms with Crippen LogP contribution in [0.3, 0.4) is 0 Å². The minimum atomic E-state index is -0.613. The van der Waals surface area contributed by atoms with E-state index in [0.717, 1.165) is 5.56 Å². The second-order valence-electron chi connectivity index (χ2n) is 2.81. The van der Waals surface area contributed by atoms with Gasteiger partial charge in [0, 0.05) is 13.0 Å². The Labute approximate surface area is 84.7 Å². The molecule has 0 saturated heterocycles. The van der Waals surface area contributed by atoms with Crippen molar-refractivity contribution >= 4 is 15.9 Å². The highest BCUT2D eigenvalue weighted by Gasteiger charge is 2.08. The van der Waals surface area contributed by atoms with Gasteiger partial charge in [-0.2, -0.15) is 0 Å². The maximum Gasteiger partial charge on any atom is 0.137 e. The summed E-state index contributed by atoms with van der Waals surface area (Å²) in [6.45, 7) is 0.183. The number of benzene rings is 1. The predicted molar refractivity (Wildman–Crippen MR) is 52.9 cm³/mol. The summed E-state index contributed by atoms with van der Waals surface area (Å²) >= 11 is 3.11. The van der Waals surface area contributed by atoms with Gasteiger partial charge in [0.15, 0.2) is 0 Å². The topological polar surface area (TPSA) is 46.2 Å². The van der Waals surface area contributed by atoms with Crippen molar-refractivity contribution in [1.82, 2.24) is 0 Å². The van der Waals surface area contributed by atoms with E-state index in [2.05, 4.69) is 15.9 Å². The van der Waals surface area contributed by atoms with Gasteiger partial charge in [-0.3, -0.25) is 0 Å². The van der Waals surface area contributed by atoms with Crippen LogP contribution in [-0.2, 0) is 6.42 Å². The van der Waals surface area contributed by atoms with Gasteiger partial charge in [0.1, 0.15) is 5.82 Å². The van der Waals surface area contributed by atoms with Crippen LogP contribution in [0.25, 0.3) is 0 Å². The van der Waals surface area contributed by atoms with Crippen LogP contribution >= 0.6 is 15.9 Å². The standard InChI is InChI=1S/C9H11BrFNO/c10-9-6(4-7(13)5-12)2-1-3-8(9)11/h1-3,7,13H,4-5,12H2. The smallest absolute Gasteiger partial charge is 0.137 e. The lowest BCUT2D eigenvalue weighted by atomic mass is 10.1. The summed E-state index contributed by atoms with van der Waals surface area (Å²) < 4.78 is 13.4. The molecule has 0 aliphatic rings. The summed E-state index contributed by atoms with van der Waals surface area (Å²) in [6, 6.07) is 4.73. The van der Waals surface area contributed by atoms with Crippen LogP contribution in [0.4, 0.5) is 4.39 Å². The normalized spacial score (nSPS) is 12.9. The van der Waals surface area contributed by atoms with Gasteiger partial charge >= 0.3 is 0 Å². The van der Waals surface area contributed by atoms with E-state index in [1.54, 1.807) is 12.1 Å². The average molecular weight is 248 g/mol. The first kappa shape index (κ1) is 10.6. The van der Waals surface area contributed by atoms with Gasteiger partial charge in [-0.15, -0.1) is 0 Å². The number of aliphatic hydroxyl groups excluding tert-OH is 1. The molecule has 0 fully saturated rings. The molecule has 1 unspecified atom stereocenters. The van der Waals surface area contributed by atoms with Crippen molar-refractivity contribution in [2.24, 2.45) is 5.73 Å². The van der Waals surface area contributed by atoms with E-state index in [9.17, 15) is 9.50 Å². The second kappa shape index (κ2) is 4.69. The second-order valence-corrected chi connectivity index (χ2v) is 3.60. The molecule has 0 radical (unpaired) electrons. The summed E-state index contributed by atoms with van der Waals surface area (Å²) in [5, 5.41) is 9.26. The van der Waals surface area contributed by atoms with Crippen molar-refractivity contribution < 1.29 is 9.50 Å². The Balaban J connectivity index is 2.83. The van der Waals surface area contributed by atoms with Gasteiger partial charge in [0.05, 0.1) is 10.6 Å². The number of nitrogens with two attached hydrogens (primary N) is 1. The molecule has 1 aromatic carbocycles. The van der Waals surface area contributed by atoms with E-state index in [-0.39, 0.29) is 12.4 Å². The fourth-order valence-corrected chi connectivity index (χ4v) is 1.47. The van der Waals surface area contributed by atoms with Gasteiger partial charge in [0.25, 0.3) is 0 Å². The third-order valence-electron chi connectivity index (χ3n) is 1.76. The summed E-state index contributed by atoms with van der Waals surface area (Å²) in [4.78, 5) is 0. The van der Waals surface area contributed by atoms with E-state index in [1.165, 1.54) is 6.07 Å². The SMILES string of the molecule is NCC(O)Cc1cccc(F)c1Br. The largest absolute Gasteiger partial charge is 0.391 e. The maximum atomic E-state index is 13.0. The first-order chi connectivity index (χ1) is 6.15. The Kier molecular flexibility index (Phi) is 3.84. The summed E-state index contributed by atoms with van der Waals surface area (Å²) in [5.41, 5.74) is 5.98. The van der Waals surface area contributed by atoms with Gasteiger partial charge in [-0.1, -0.05) is 12.1 Å². The molecular weight excluding hydrogens is 237 g/mol. The Bertz CT molecular complexity index is 293. The predicted octanol–water partition coefficient (Wildman–Crippen LogP) is 1.45. The van der Waals surface area contributed by atoms with Crippen LogP contribution < -0.4 is 5.73 Å². The lowest BCUT2D eigenvalue weighted by Gasteiger charge is -2.09. The van der Waals surface area contributed by atoms with E-state index < -0.39 is 6.10 Å². The molecule has 1 rings (SSSR count). The Morgan fingerprint density at radius 2 is 2.23 bits per heavy atom. The van der Waals surface area contributed by atoms with Crippen LogP contribution in [0.15, 0.2) is 22.7 Å². The van der Waals surface area contributed by atoms with Crippen LogP contribution in [0.5, 0.6) is 0 Å². The van der Waals surface area contributed by atoms with Crippen LogP contribution in [0, 0.1) is 5.82 Å². The molecule has 0 saturated carbocycles. The fourth-order valence-electron chi connectivity index (χ4n) is 1.04. The Morgan fingerprint density at radius 3 is 2.85 bits per heavy atom. The fraction of sp³-hybridized carbons (Fsp3) is 0.333. The minimum absolute atomic E-state index is 0.183. The molecule has 1 atom stereocenters. The van der Waals surface area contributed by atoms with E-state index in [1.807, 2.05) is 0 Å². The summed E-state index contributed by atoms with van der Waals surface area (Å²) in [6.07, 6.45) is -0.243. The zero-order valence-corrected chi connectivity index (χ0v) is 8.59. The van der Waals surface area contributed by atoms with E-state index in [0.29, 0.717) is 10.9 Å². The molecule has 0 amide bonds.